The zero-order valence-electron chi connectivity index (χ0n) is 13.1. The van der Waals surface area contributed by atoms with Crippen molar-refractivity contribution in [2.75, 3.05) is 6.54 Å². The largest absolute Gasteiger partial charge is 0.307 e. The van der Waals surface area contributed by atoms with E-state index in [9.17, 15) is 0 Å². The summed E-state index contributed by atoms with van der Waals surface area (Å²) in [5.41, 5.74) is 5.12. The van der Waals surface area contributed by atoms with Gasteiger partial charge in [0, 0.05) is 5.02 Å². The van der Waals surface area contributed by atoms with E-state index in [0.717, 1.165) is 18.0 Å². The first-order valence-corrected chi connectivity index (χ1v) is 8.11. The first kappa shape index (κ1) is 16.1. The number of hydrogen-bond acceptors (Lipinski definition) is 1. The quantitative estimate of drug-likeness (QED) is 0.763. The minimum absolute atomic E-state index is 0.197. The van der Waals surface area contributed by atoms with Crippen LogP contribution in [0.25, 0.3) is 0 Å². The van der Waals surface area contributed by atoms with Gasteiger partial charge in [-0.05, 0) is 54.3 Å². The summed E-state index contributed by atoms with van der Waals surface area (Å²) in [6.07, 6.45) is 2.33. The second kappa shape index (κ2) is 7.63. The summed E-state index contributed by atoms with van der Waals surface area (Å²) in [6.45, 7) is 7.36. The van der Waals surface area contributed by atoms with Crippen LogP contribution >= 0.6 is 11.6 Å². The third-order valence-corrected chi connectivity index (χ3v) is 3.88. The van der Waals surface area contributed by atoms with Gasteiger partial charge in [-0.1, -0.05) is 62.2 Å². The molecular formula is C19H24ClN. The van der Waals surface area contributed by atoms with E-state index >= 15 is 0 Å². The van der Waals surface area contributed by atoms with E-state index < -0.39 is 0 Å². The molecule has 0 aliphatic rings. The van der Waals surface area contributed by atoms with Crippen LogP contribution in [0.3, 0.4) is 0 Å². The van der Waals surface area contributed by atoms with Crippen LogP contribution in [-0.2, 0) is 6.42 Å². The number of nitrogens with one attached hydrogen (secondary N) is 1. The molecule has 0 aromatic heterocycles. The molecule has 0 amide bonds. The summed E-state index contributed by atoms with van der Waals surface area (Å²) in [5, 5.41) is 4.36. The van der Waals surface area contributed by atoms with Crippen molar-refractivity contribution >= 4 is 11.6 Å². The smallest absolute Gasteiger partial charge is 0.0577 e. The summed E-state index contributed by atoms with van der Waals surface area (Å²) >= 11 is 6.22. The molecule has 21 heavy (non-hydrogen) atoms. The molecule has 0 fully saturated rings. The summed E-state index contributed by atoms with van der Waals surface area (Å²) in [6, 6.07) is 15.4. The van der Waals surface area contributed by atoms with Crippen LogP contribution in [0, 0.1) is 6.92 Å². The van der Waals surface area contributed by atoms with Crippen molar-refractivity contribution in [1.29, 1.82) is 0 Å². The maximum absolute atomic E-state index is 6.22. The molecule has 1 unspecified atom stereocenters. The van der Waals surface area contributed by atoms with E-state index in [0.29, 0.717) is 0 Å². The van der Waals surface area contributed by atoms with Crippen LogP contribution in [0.1, 0.15) is 48.6 Å². The van der Waals surface area contributed by atoms with Crippen LogP contribution in [0.15, 0.2) is 42.5 Å². The second-order valence-electron chi connectivity index (χ2n) is 5.54. The highest BCUT2D eigenvalue weighted by atomic mass is 35.5. The van der Waals surface area contributed by atoms with Gasteiger partial charge in [-0.2, -0.15) is 0 Å². The van der Waals surface area contributed by atoms with E-state index in [-0.39, 0.29) is 6.04 Å². The fourth-order valence-corrected chi connectivity index (χ4v) is 3.03. The van der Waals surface area contributed by atoms with E-state index in [1.165, 1.54) is 28.7 Å². The maximum Gasteiger partial charge on any atom is 0.0577 e. The van der Waals surface area contributed by atoms with Gasteiger partial charge in [0.1, 0.15) is 0 Å². The van der Waals surface area contributed by atoms with Crippen LogP contribution in [0.4, 0.5) is 0 Å². The zero-order valence-corrected chi connectivity index (χ0v) is 13.9. The second-order valence-corrected chi connectivity index (χ2v) is 5.98. The van der Waals surface area contributed by atoms with Crippen LogP contribution in [-0.4, -0.2) is 6.54 Å². The van der Waals surface area contributed by atoms with E-state index in [1.54, 1.807) is 0 Å². The molecule has 0 heterocycles. The van der Waals surface area contributed by atoms with Gasteiger partial charge in [-0.25, -0.2) is 0 Å². The average Bonchev–Trinajstić information content (AvgIpc) is 2.45. The van der Waals surface area contributed by atoms with Crippen molar-refractivity contribution in [2.24, 2.45) is 0 Å². The first-order valence-electron chi connectivity index (χ1n) is 7.73. The number of rotatable bonds is 6. The molecule has 0 saturated carbocycles. The molecule has 2 rings (SSSR count). The van der Waals surface area contributed by atoms with Gasteiger partial charge in [0.2, 0.25) is 0 Å². The van der Waals surface area contributed by atoms with Gasteiger partial charge in [0.05, 0.1) is 6.04 Å². The molecule has 2 aromatic rings. The summed E-state index contributed by atoms with van der Waals surface area (Å²) < 4.78 is 0. The van der Waals surface area contributed by atoms with Gasteiger partial charge in [0.25, 0.3) is 0 Å². The summed E-state index contributed by atoms with van der Waals surface area (Å²) in [7, 11) is 0. The van der Waals surface area contributed by atoms with Crippen molar-refractivity contribution in [2.45, 2.75) is 39.7 Å². The molecule has 0 spiro atoms. The minimum Gasteiger partial charge on any atom is -0.307 e. The molecular weight excluding hydrogens is 278 g/mol. The Morgan fingerprint density at radius 3 is 2.29 bits per heavy atom. The van der Waals surface area contributed by atoms with Crippen LogP contribution in [0.5, 0.6) is 0 Å². The molecule has 0 saturated heterocycles. The standard InChI is InChI=1S/C19H24ClN/c1-4-6-15-7-9-16(10-8-15)19(21-5-2)17-11-14(3)12-18(20)13-17/h7-13,19,21H,4-6H2,1-3H3. The normalized spacial score (nSPS) is 12.4. The molecule has 2 aromatic carbocycles. The monoisotopic (exact) mass is 301 g/mol. The predicted molar refractivity (Wildman–Crippen MR) is 92.1 cm³/mol. The lowest BCUT2D eigenvalue weighted by Gasteiger charge is -2.20. The highest BCUT2D eigenvalue weighted by molar-refractivity contribution is 6.30. The Bertz CT molecular complexity index is 554. The van der Waals surface area contributed by atoms with Gasteiger partial charge >= 0.3 is 0 Å². The van der Waals surface area contributed by atoms with Crippen molar-refractivity contribution in [1.82, 2.24) is 5.32 Å². The molecule has 0 bridgehead atoms. The lowest BCUT2D eigenvalue weighted by molar-refractivity contribution is 0.630. The number of aryl methyl sites for hydroxylation is 2. The van der Waals surface area contributed by atoms with Gasteiger partial charge in [-0.15, -0.1) is 0 Å². The van der Waals surface area contributed by atoms with E-state index in [1.807, 2.05) is 6.07 Å². The summed E-state index contributed by atoms with van der Waals surface area (Å²) in [4.78, 5) is 0. The Hall–Kier alpha value is -1.31. The molecule has 0 radical (unpaired) electrons. The number of benzene rings is 2. The first-order chi connectivity index (χ1) is 10.1. The molecule has 2 heteroatoms. The highest BCUT2D eigenvalue weighted by Crippen LogP contribution is 2.26. The minimum atomic E-state index is 0.197. The van der Waals surface area contributed by atoms with Crippen LogP contribution < -0.4 is 5.32 Å². The summed E-state index contributed by atoms with van der Waals surface area (Å²) in [5.74, 6) is 0. The predicted octanol–water partition coefficient (Wildman–Crippen LogP) is 5.30. The Morgan fingerprint density at radius 2 is 1.71 bits per heavy atom. The molecule has 1 N–H and O–H groups in total. The Balaban J connectivity index is 2.33. The van der Waals surface area contributed by atoms with Crippen molar-refractivity contribution in [3.63, 3.8) is 0 Å². The highest BCUT2D eigenvalue weighted by Gasteiger charge is 2.13. The fraction of sp³-hybridized carbons (Fsp3) is 0.368. The van der Waals surface area contributed by atoms with Gasteiger partial charge < -0.3 is 5.32 Å². The van der Waals surface area contributed by atoms with Gasteiger partial charge in [0.15, 0.2) is 0 Å². The molecule has 1 nitrogen and oxygen atoms in total. The third-order valence-electron chi connectivity index (χ3n) is 3.66. The number of halogens is 1. The Kier molecular flexibility index (Phi) is 5.84. The molecule has 112 valence electrons. The lowest BCUT2D eigenvalue weighted by atomic mass is 9.96. The molecule has 1 atom stereocenters. The molecule has 0 aliphatic heterocycles. The van der Waals surface area contributed by atoms with Crippen molar-refractivity contribution in [3.8, 4) is 0 Å². The Labute approximate surface area is 133 Å². The van der Waals surface area contributed by atoms with Crippen LogP contribution in [0.2, 0.25) is 5.02 Å². The topological polar surface area (TPSA) is 12.0 Å². The fourth-order valence-electron chi connectivity index (χ4n) is 2.73. The molecule has 0 aliphatic carbocycles. The van der Waals surface area contributed by atoms with Crippen molar-refractivity contribution in [3.05, 3.63) is 69.7 Å². The maximum atomic E-state index is 6.22. The zero-order chi connectivity index (χ0) is 15.2. The van der Waals surface area contributed by atoms with Crippen molar-refractivity contribution < 1.29 is 0 Å². The van der Waals surface area contributed by atoms with E-state index in [4.69, 9.17) is 11.6 Å². The lowest BCUT2D eigenvalue weighted by Crippen LogP contribution is -2.22. The average molecular weight is 302 g/mol. The number of hydrogen-bond donors (Lipinski definition) is 1. The Morgan fingerprint density at radius 1 is 1.00 bits per heavy atom. The van der Waals surface area contributed by atoms with E-state index in [2.05, 4.69) is 62.5 Å². The third kappa shape index (κ3) is 4.33. The SMILES string of the molecule is CCCc1ccc(C(NCC)c2cc(C)cc(Cl)c2)cc1. The van der Waals surface area contributed by atoms with Gasteiger partial charge in [-0.3, -0.25) is 0 Å².